The average molecular weight is 333 g/mol. The maximum Gasteiger partial charge on any atom is 0.165 e. The molecule has 0 saturated carbocycles. The summed E-state index contributed by atoms with van der Waals surface area (Å²) in [6.07, 6.45) is 2.12. The third kappa shape index (κ3) is 4.02. The predicted octanol–water partition coefficient (Wildman–Crippen LogP) is 4.44. The molecule has 0 amide bonds. The highest BCUT2D eigenvalue weighted by Crippen LogP contribution is 2.25. The molecule has 0 fully saturated rings. The van der Waals surface area contributed by atoms with Crippen molar-refractivity contribution in [1.29, 1.82) is 0 Å². The van der Waals surface area contributed by atoms with Gasteiger partial charge >= 0.3 is 0 Å². The van der Waals surface area contributed by atoms with E-state index >= 15 is 0 Å². The van der Waals surface area contributed by atoms with Crippen molar-refractivity contribution in [2.75, 3.05) is 0 Å². The second-order valence-electron chi connectivity index (χ2n) is 7.22. The molecule has 0 radical (unpaired) electrons. The fourth-order valence-electron chi connectivity index (χ4n) is 2.70. The van der Waals surface area contributed by atoms with Crippen LogP contribution in [0.3, 0.4) is 0 Å². The molecule has 0 aliphatic rings. The minimum absolute atomic E-state index is 0.0804. The molecular formula is C21H23N3O. The lowest BCUT2D eigenvalue weighted by Gasteiger charge is -2.17. The molecule has 0 spiro atoms. The highest BCUT2D eigenvalue weighted by Gasteiger charge is 2.24. The van der Waals surface area contributed by atoms with Crippen molar-refractivity contribution >= 4 is 5.78 Å². The average Bonchev–Trinajstić information content (AvgIpc) is 3.11. The van der Waals surface area contributed by atoms with Crippen molar-refractivity contribution in [2.45, 2.75) is 38.6 Å². The summed E-state index contributed by atoms with van der Waals surface area (Å²) in [5, 5.41) is 9.12. The number of hydrogen-bond donors (Lipinski definition) is 0. The minimum atomic E-state index is -0.218. The van der Waals surface area contributed by atoms with E-state index < -0.39 is 0 Å². The van der Waals surface area contributed by atoms with Crippen molar-refractivity contribution in [3.8, 4) is 0 Å². The first-order valence-corrected chi connectivity index (χ1v) is 8.50. The predicted molar refractivity (Wildman–Crippen MR) is 98.7 cm³/mol. The number of carbonyl (C=O) groups is 1. The van der Waals surface area contributed by atoms with Crippen LogP contribution in [0.4, 0.5) is 0 Å². The molecule has 0 saturated heterocycles. The molecule has 1 aromatic heterocycles. The Kier molecular flexibility index (Phi) is 4.79. The normalized spacial score (nSPS) is 12.8. The summed E-state index contributed by atoms with van der Waals surface area (Å²) in [7, 11) is 0. The first kappa shape index (κ1) is 17.1. The van der Waals surface area contributed by atoms with E-state index in [-0.39, 0.29) is 17.2 Å². The number of ketones is 1. The van der Waals surface area contributed by atoms with Gasteiger partial charge in [0.25, 0.3) is 0 Å². The van der Waals surface area contributed by atoms with Crippen molar-refractivity contribution in [2.24, 2.45) is 0 Å². The number of rotatable bonds is 5. The van der Waals surface area contributed by atoms with Gasteiger partial charge in [-0.15, -0.1) is 0 Å². The molecular weight excluding hydrogens is 310 g/mol. The summed E-state index contributed by atoms with van der Waals surface area (Å²) in [5.74, 6) is 0.0871. The summed E-state index contributed by atoms with van der Waals surface area (Å²) >= 11 is 0. The first-order chi connectivity index (χ1) is 11.9. The lowest BCUT2D eigenvalue weighted by Crippen LogP contribution is -2.19. The summed E-state index contributed by atoms with van der Waals surface area (Å²) in [6, 6.07) is 19.1. The molecule has 0 N–H and O–H groups in total. The smallest absolute Gasteiger partial charge is 0.165 e. The Hall–Kier alpha value is -2.75. The SMILES string of the molecule is CC(C)(C)c1cnn(C(CC(=O)c2ccccc2)c2ccccc2)n1. The molecule has 4 nitrogen and oxygen atoms in total. The van der Waals surface area contributed by atoms with Crippen LogP contribution >= 0.6 is 0 Å². The van der Waals surface area contributed by atoms with Gasteiger partial charge in [0.1, 0.15) is 6.04 Å². The van der Waals surface area contributed by atoms with E-state index in [1.165, 1.54) is 0 Å². The van der Waals surface area contributed by atoms with Crippen LogP contribution in [0.1, 0.15) is 54.8 Å². The standard InChI is InChI=1S/C21H23N3O/c1-21(2,3)20-15-22-24(23-20)18(16-10-6-4-7-11-16)14-19(25)17-12-8-5-9-13-17/h4-13,15,18H,14H2,1-3H3. The Morgan fingerprint density at radius 2 is 1.60 bits per heavy atom. The summed E-state index contributed by atoms with van der Waals surface area (Å²) < 4.78 is 0. The van der Waals surface area contributed by atoms with Crippen molar-refractivity contribution in [3.05, 3.63) is 83.7 Å². The van der Waals surface area contributed by atoms with E-state index in [2.05, 4.69) is 31.0 Å². The van der Waals surface area contributed by atoms with E-state index in [9.17, 15) is 4.79 Å². The second kappa shape index (κ2) is 7.01. The van der Waals surface area contributed by atoms with Crippen LogP contribution in [0.5, 0.6) is 0 Å². The van der Waals surface area contributed by atoms with E-state index in [1.807, 2.05) is 60.7 Å². The van der Waals surface area contributed by atoms with Gasteiger partial charge in [0.2, 0.25) is 0 Å². The molecule has 1 atom stereocenters. The number of aromatic nitrogens is 3. The van der Waals surface area contributed by atoms with Gasteiger partial charge in [0.15, 0.2) is 5.78 Å². The first-order valence-electron chi connectivity index (χ1n) is 8.50. The molecule has 3 rings (SSSR count). The zero-order valence-corrected chi connectivity index (χ0v) is 14.9. The van der Waals surface area contributed by atoms with Gasteiger partial charge < -0.3 is 0 Å². The van der Waals surface area contributed by atoms with E-state index in [4.69, 9.17) is 0 Å². The van der Waals surface area contributed by atoms with E-state index in [1.54, 1.807) is 11.0 Å². The molecule has 1 unspecified atom stereocenters. The molecule has 1 heterocycles. The quantitative estimate of drug-likeness (QED) is 0.649. The number of Topliss-reactive ketones (excluding diaryl/α,β-unsaturated/α-hetero) is 1. The van der Waals surface area contributed by atoms with Crippen LogP contribution in [0.15, 0.2) is 66.9 Å². The van der Waals surface area contributed by atoms with Gasteiger partial charge in [-0.2, -0.15) is 15.0 Å². The van der Waals surface area contributed by atoms with Gasteiger partial charge in [-0.3, -0.25) is 4.79 Å². The van der Waals surface area contributed by atoms with Crippen LogP contribution in [0, 0.1) is 0 Å². The topological polar surface area (TPSA) is 47.8 Å². The Labute approximate surface area is 148 Å². The largest absolute Gasteiger partial charge is 0.294 e. The Morgan fingerprint density at radius 1 is 1.00 bits per heavy atom. The number of nitrogens with zero attached hydrogens (tertiary/aromatic N) is 3. The van der Waals surface area contributed by atoms with Crippen LogP contribution in [0.2, 0.25) is 0 Å². The maximum absolute atomic E-state index is 12.7. The van der Waals surface area contributed by atoms with Gasteiger partial charge in [0, 0.05) is 17.4 Å². The molecule has 3 aromatic rings. The Morgan fingerprint density at radius 3 is 2.16 bits per heavy atom. The third-order valence-electron chi connectivity index (χ3n) is 4.21. The lowest BCUT2D eigenvalue weighted by molar-refractivity contribution is 0.0964. The third-order valence-corrected chi connectivity index (χ3v) is 4.21. The van der Waals surface area contributed by atoms with E-state index in [0.717, 1.165) is 11.3 Å². The van der Waals surface area contributed by atoms with Crippen LogP contribution in [-0.2, 0) is 5.41 Å². The summed E-state index contributed by atoms with van der Waals surface area (Å²) in [5.41, 5.74) is 2.58. The van der Waals surface area contributed by atoms with Gasteiger partial charge in [-0.1, -0.05) is 81.4 Å². The van der Waals surface area contributed by atoms with Gasteiger partial charge in [-0.05, 0) is 5.56 Å². The van der Waals surface area contributed by atoms with Crippen LogP contribution < -0.4 is 0 Å². The van der Waals surface area contributed by atoms with Gasteiger partial charge in [0.05, 0.1) is 11.9 Å². The molecule has 25 heavy (non-hydrogen) atoms. The van der Waals surface area contributed by atoms with E-state index in [0.29, 0.717) is 12.0 Å². The number of hydrogen-bond acceptors (Lipinski definition) is 3. The zero-order valence-electron chi connectivity index (χ0n) is 14.9. The lowest BCUT2D eigenvalue weighted by atomic mass is 9.93. The summed E-state index contributed by atoms with van der Waals surface area (Å²) in [6.45, 7) is 6.32. The van der Waals surface area contributed by atoms with Crippen molar-refractivity contribution < 1.29 is 4.79 Å². The number of benzene rings is 2. The highest BCUT2D eigenvalue weighted by atomic mass is 16.1. The fourth-order valence-corrected chi connectivity index (χ4v) is 2.70. The Balaban J connectivity index is 1.94. The Bertz CT molecular complexity index is 832. The van der Waals surface area contributed by atoms with Crippen LogP contribution in [-0.4, -0.2) is 20.8 Å². The maximum atomic E-state index is 12.7. The zero-order chi connectivity index (χ0) is 17.9. The van der Waals surface area contributed by atoms with Crippen molar-refractivity contribution in [3.63, 3.8) is 0 Å². The van der Waals surface area contributed by atoms with Gasteiger partial charge in [-0.25, -0.2) is 0 Å². The molecule has 2 aromatic carbocycles. The minimum Gasteiger partial charge on any atom is -0.294 e. The molecule has 0 aliphatic heterocycles. The molecule has 0 bridgehead atoms. The molecule has 0 aliphatic carbocycles. The number of carbonyl (C=O) groups excluding carboxylic acids is 1. The highest BCUT2D eigenvalue weighted by molar-refractivity contribution is 5.96. The molecule has 128 valence electrons. The monoisotopic (exact) mass is 333 g/mol. The van der Waals surface area contributed by atoms with Crippen LogP contribution in [0.25, 0.3) is 0 Å². The summed E-state index contributed by atoms with van der Waals surface area (Å²) in [4.78, 5) is 14.4. The fraction of sp³-hybridized carbons (Fsp3) is 0.286. The molecule has 4 heteroatoms. The second-order valence-corrected chi connectivity index (χ2v) is 7.22. The van der Waals surface area contributed by atoms with Crippen molar-refractivity contribution in [1.82, 2.24) is 15.0 Å².